The molecule has 0 amide bonds. The topological polar surface area (TPSA) is 12.0 Å². The molecule has 1 aliphatic rings. The van der Waals surface area contributed by atoms with Crippen molar-refractivity contribution >= 4 is 0 Å². The van der Waals surface area contributed by atoms with Crippen LogP contribution in [0.1, 0.15) is 41.5 Å². The fourth-order valence-corrected chi connectivity index (χ4v) is 2.52. The van der Waals surface area contributed by atoms with Crippen LogP contribution in [0.3, 0.4) is 0 Å². The molecule has 0 aromatic heterocycles. The van der Waals surface area contributed by atoms with Crippen molar-refractivity contribution in [3.63, 3.8) is 0 Å². The number of nitrogens with one attached hydrogen (secondary N) is 1. The third-order valence-electron chi connectivity index (χ3n) is 3.40. The molecular formula is C13H19N. The summed E-state index contributed by atoms with van der Waals surface area (Å²) in [5.74, 6) is 0.721. The van der Waals surface area contributed by atoms with E-state index >= 15 is 0 Å². The number of hydrogen-bond donors (Lipinski definition) is 1. The Bertz CT molecular complexity index is 341. The lowest BCUT2D eigenvalue weighted by atomic mass is 9.84. The van der Waals surface area contributed by atoms with E-state index in [-0.39, 0.29) is 0 Å². The number of fused-ring (bicyclic) bond motifs is 1. The molecule has 76 valence electrons. The Labute approximate surface area is 86.5 Å². The minimum Gasteiger partial charge on any atom is -0.312 e. The summed E-state index contributed by atoms with van der Waals surface area (Å²) < 4.78 is 0. The second-order valence-electron chi connectivity index (χ2n) is 4.33. The van der Waals surface area contributed by atoms with Gasteiger partial charge < -0.3 is 5.32 Å². The number of benzene rings is 1. The molecule has 1 unspecified atom stereocenters. The van der Waals surface area contributed by atoms with E-state index in [2.05, 4.69) is 38.2 Å². The molecule has 0 fully saturated rings. The van der Waals surface area contributed by atoms with Gasteiger partial charge in [-0.15, -0.1) is 0 Å². The predicted octanol–water partition coefficient (Wildman–Crippen LogP) is 2.90. The molecule has 0 bridgehead atoms. The van der Waals surface area contributed by atoms with Crippen molar-refractivity contribution in [3.8, 4) is 0 Å². The molecule has 1 aliphatic heterocycles. The molecule has 1 atom stereocenters. The van der Waals surface area contributed by atoms with Gasteiger partial charge in [0, 0.05) is 13.1 Å². The van der Waals surface area contributed by atoms with Crippen LogP contribution in [0.5, 0.6) is 0 Å². The van der Waals surface area contributed by atoms with Gasteiger partial charge in [-0.3, -0.25) is 0 Å². The van der Waals surface area contributed by atoms with Gasteiger partial charge in [0.05, 0.1) is 0 Å². The maximum atomic E-state index is 3.51. The van der Waals surface area contributed by atoms with Crippen molar-refractivity contribution in [2.75, 3.05) is 6.54 Å². The highest BCUT2D eigenvalue weighted by Crippen LogP contribution is 2.31. The van der Waals surface area contributed by atoms with Crippen molar-refractivity contribution in [2.24, 2.45) is 0 Å². The monoisotopic (exact) mass is 189 g/mol. The fourth-order valence-electron chi connectivity index (χ4n) is 2.52. The summed E-state index contributed by atoms with van der Waals surface area (Å²) in [4.78, 5) is 0. The second kappa shape index (κ2) is 3.74. The molecule has 1 nitrogen and oxygen atoms in total. The van der Waals surface area contributed by atoms with Crippen LogP contribution in [0.15, 0.2) is 12.1 Å². The molecule has 0 spiro atoms. The Morgan fingerprint density at radius 2 is 2.00 bits per heavy atom. The maximum Gasteiger partial charge on any atom is 0.0211 e. The highest BCUT2D eigenvalue weighted by atomic mass is 14.9. The van der Waals surface area contributed by atoms with Crippen LogP contribution in [0.25, 0.3) is 0 Å². The summed E-state index contributed by atoms with van der Waals surface area (Å²) in [5, 5.41) is 3.51. The molecule has 1 N–H and O–H groups in total. The first kappa shape index (κ1) is 9.72. The van der Waals surface area contributed by atoms with Gasteiger partial charge in [0.1, 0.15) is 0 Å². The van der Waals surface area contributed by atoms with Gasteiger partial charge in [-0.25, -0.2) is 0 Å². The lowest BCUT2D eigenvalue weighted by Gasteiger charge is -2.28. The van der Waals surface area contributed by atoms with E-state index in [0.29, 0.717) is 0 Å². The second-order valence-corrected chi connectivity index (χ2v) is 4.33. The van der Waals surface area contributed by atoms with Crippen molar-refractivity contribution < 1.29 is 0 Å². The average molecular weight is 189 g/mol. The summed E-state index contributed by atoms with van der Waals surface area (Å²) in [7, 11) is 0. The molecule has 0 saturated carbocycles. The fraction of sp³-hybridized carbons (Fsp3) is 0.538. The number of aryl methyl sites for hydroxylation is 2. The van der Waals surface area contributed by atoms with E-state index < -0.39 is 0 Å². The Hall–Kier alpha value is -0.820. The van der Waals surface area contributed by atoms with E-state index in [4.69, 9.17) is 0 Å². The quantitative estimate of drug-likeness (QED) is 0.716. The molecular weight excluding hydrogens is 170 g/mol. The number of hydrogen-bond acceptors (Lipinski definition) is 1. The summed E-state index contributed by atoms with van der Waals surface area (Å²) in [6.07, 6.45) is 1.24. The zero-order valence-corrected chi connectivity index (χ0v) is 9.35. The molecule has 0 radical (unpaired) electrons. The third-order valence-corrected chi connectivity index (χ3v) is 3.40. The van der Waals surface area contributed by atoms with Gasteiger partial charge in [0.25, 0.3) is 0 Å². The average Bonchev–Trinajstić information content (AvgIpc) is 2.23. The highest BCUT2D eigenvalue weighted by molar-refractivity contribution is 5.43. The predicted molar refractivity (Wildman–Crippen MR) is 60.7 cm³/mol. The molecule has 1 aromatic rings. The standard InChI is InChI=1S/C13H19N/c1-4-11-7-14-8-12-9(2)5-6-10(3)13(11)12/h5-6,11,14H,4,7-8H2,1-3H3. The molecule has 1 heteroatoms. The Morgan fingerprint density at radius 1 is 1.29 bits per heavy atom. The van der Waals surface area contributed by atoms with Crippen LogP contribution in [0.4, 0.5) is 0 Å². The van der Waals surface area contributed by atoms with Gasteiger partial charge in [-0.1, -0.05) is 19.1 Å². The summed E-state index contributed by atoms with van der Waals surface area (Å²) in [6, 6.07) is 4.51. The zero-order valence-electron chi connectivity index (χ0n) is 9.35. The molecule has 14 heavy (non-hydrogen) atoms. The van der Waals surface area contributed by atoms with Crippen molar-refractivity contribution in [2.45, 2.75) is 39.7 Å². The maximum absolute atomic E-state index is 3.51. The van der Waals surface area contributed by atoms with Crippen LogP contribution in [-0.2, 0) is 6.54 Å². The first-order valence-electron chi connectivity index (χ1n) is 5.53. The molecule has 0 aliphatic carbocycles. The van der Waals surface area contributed by atoms with E-state index in [1.165, 1.54) is 17.5 Å². The molecule has 0 saturated heterocycles. The smallest absolute Gasteiger partial charge is 0.0211 e. The van der Waals surface area contributed by atoms with Gasteiger partial charge in [0.2, 0.25) is 0 Å². The van der Waals surface area contributed by atoms with E-state index in [9.17, 15) is 0 Å². The van der Waals surface area contributed by atoms with Crippen molar-refractivity contribution in [1.29, 1.82) is 0 Å². The van der Waals surface area contributed by atoms with Gasteiger partial charge >= 0.3 is 0 Å². The van der Waals surface area contributed by atoms with E-state index in [1.807, 2.05) is 0 Å². The SMILES string of the molecule is CCC1CNCc2c(C)ccc(C)c21. The van der Waals surface area contributed by atoms with Crippen LogP contribution < -0.4 is 5.32 Å². The highest BCUT2D eigenvalue weighted by Gasteiger charge is 2.21. The Balaban J connectivity index is 2.55. The summed E-state index contributed by atoms with van der Waals surface area (Å²) in [5.41, 5.74) is 6.07. The minimum atomic E-state index is 0.721. The van der Waals surface area contributed by atoms with Crippen LogP contribution in [0.2, 0.25) is 0 Å². The Kier molecular flexibility index (Phi) is 2.60. The van der Waals surface area contributed by atoms with Gasteiger partial charge in [-0.05, 0) is 48.4 Å². The molecule has 1 heterocycles. The lowest BCUT2D eigenvalue weighted by molar-refractivity contribution is 0.526. The number of rotatable bonds is 1. The van der Waals surface area contributed by atoms with Crippen molar-refractivity contribution in [1.82, 2.24) is 5.32 Å². The Morgan fingerprint density at radius 3 is 2.71 bits per heavy atom. The third kappa shape index (κ3) is 1.46. The lowest BCUT2D eigenvalue weighted by Crippen LogP contribution is -2.29. The van der Waals surface area contributed by atoms with Crippen molar-refractivity contribution in [3.05, 3.63) is 34.4 Å². The summed E-state index contributed by atoms with van der Waals surface area (Å²) >= 11 is 0. The normalized spacial score (nSPS) is 20.6. The van der Waals surface area contributed by atoms with Crippen LogP contribution in [0, 0.1) is 13.8 Å². The minimum absolute atomic E-state index is 0.721. The van der Waals surface area contributed by atoms with Crippen LogP contribution in [-0.4, -0.2) is 6.54 Å². The van der Waals surface area contributed by atoms with E-state index in [1.54, 1.807) is 11.1 Å². The first-order valence-corrected chi connectivity index (χ1v) is 5.53. The van der Waals surface area contributed by atoms with Gasteiger partial charge in [0.15, 0.2) is 0 Å². The van der Waals surface area contributed by atoms with Crippen LogP contribution >= 0.6 is 0 Å². The first-order chi connectivity index (χ1) is 6.74. The summed E-state index contributed by atoms with van der Waals surface area (Å²) in [6.45, 7) is 8.95. The van der Waals surface area contributed by atoms with Gasteiger partial charge in [-0.2, -0.15) is 0 Å². The molecule has 2 rings (SSSR count). The largest absolute Gasteiger partial charge is 0.312 e. The van der Waals surface area contributed by atoms with E-state index in [0.717, 1.165) is 19.0 Å². The molecule has 1 aromatic carbocycles. The zero-order chi connectivity index (χ0) is 10.1.